The third-order valence-corrected chi connectivity index (χ3v) is 13.1. The molecule has 192 valence electrons. The lowest BCUT2D eigenvalue weighted by atomic mass is 9.31. The van der Waals surface area contributed by atoms with Gasteiger partial charge in [-0.3, -0.25) is 9.59 Å². The van der Waals surface area contributed by atoms with Crippen LogP contribution < -0.4 is 5.73 Å². The minimum atomic E-state index is -0.578. The van der Waals surface area contributed by atoms with Crippen molar-refractivity contribution in [3.8, 4) is 6.07 Å². The van der Waals surface area contributed by atoms with Crippen molar-refractivity contribution in [1.82, 2.24) is 0 Å². The minimum absolute atomic E-state index is 0.00723. The quantitative estimate of drug-likeness (QED) is 0.483. The van der Waals surface area contributed by atoms with Gasteiger partial charge in [-0.2, -0.15) is 5.26 Å². The molecular formula is C31H46N2O2. The van der Waals surface area contributed by atoms with Gasteiger partial charge in [0.2, 0.25) is 0 Å². The molecule has 0 bridgehead atoms. The molecule has 0 aromatic rings. The number of Topliss-reactive ketones (excluding diaryl/α,β-unsaturated/α-hetero) is 2. The second-order valence-electron chi connectivity index (χ2n) is 15.3. The second-order valence-corrected chi connectivity index (χ2v) is 15.3. The molecule has 0 aromatic heterocycles. The fraction of sp³-hybridized carbons (Fsp3) is 0.839. The topological polar surface area (TPSA) is 83.9 Å². The summed E-state index contributed by atoms with van der Waals surface area (Å²) >= 11 is 0. The Morgan fingerprint density at radius 1 is 0.943 bits per heavy atom. The number of nitrogens with two attached hydrogens (primary N) is 1. The fourth-order valence-electron chi connectivity index (χ4n) is 10.8. The largest absolute Gasteiger partial charge is 0.330 e. The number of fused-ring (bicyclic) bond motifs is 7. The van der Waals surface area contributed by atoms with Gasteiger partial charge < -0.3 is 5.73 Å². The van der Waals surface area contributed by atoms with Crippen molar-refractivity contribution >= 4 is 11.6 Å². The molecule has 0 aromatic carbocycles. The lowest BCUT2D eigenvalue weighted by Crippen LogP contribution is -2.69. The molecule has 0 spiro atoms. The van der Waals surface area contributed by atoms with Crippen LogP contribution in [0.4, 0.5) is 0 Å². The van der Waals surface area contributed by atoms with Crippen LogP contribution in [0.25, 0.3) is 0 Å². The standard InChI is InChI=1S/C31H46N2O2/c1-26(2)10-12-31(18-33)13-11-30(7)24(20(31)16-26)21(34)14-23-28(5)15-19(17-32)25(35)27(3,4)22(28)8-9-29(23,30)6/h15,20,22-24H,8-14,16,18,33H2,1-7H3/t20?,22?,23?,24?,28-,29+,30+,31+/m0/s1. The molecule has 2 N–H and O–H groups in total. The van der Waals surface area contributed by atoms with Crippen LogP contribution in [0.15, 0.2) is 11.6 Å². The molecule has 0 amide bonds. The molecule has 4 fully saturated rings. The summed E-state index contributed by atoms with van der Waals surface area (Å²) in [5, 5.41) is 9.86. The molecule has 8 atom stereocenters. The van der Waals surface area contributed by atoms with Crippen LogP contribution in [-0.4, -0.2) is 18.1 Å². The van der Waals surface area contributed by atoms with Gasteiger partial charge in [0.15, 0.2) is 5.78 Å². The molecular weight excluding hydrogens is 432 g/mol. The molecule has 5 rings (SSSR count). The summed E-state index contributed by atoms with van der Waals surface area (Å²) in [6.45, 7) is 16.7. The number of ketones is 2. The lowest BCUT2D eigenvalue weighted by Gasteiger charge is -2.72. The van der Waals surface area contributed by atoms with Crippen LogP contribution in [0, 0.1) is 67.5 Å². The second kappa shape index (κ2) is 7.31. The highest BCUT2D eigenvalue weighted by molar-refractivity contribution is 6.04. The zero-order chi connectivity index (χ0) is 25.8. The van der Waals surface area contributed by atoms with E-state index in [1.807, 2.05) is 19.9 Å². The highest BCUT2D eigenvalue weighted by atomic mass is 16.1. The summed E-state index contributed by atoms with van der Waals surface area (Å²) < 4.78 is 0. The first-order valence-electron chi connectivity index (χ1n) is 14.0. The van der Waals surface area contributed by atoms with Crippen LogP contribution in [0.3, 0.4) is 0 Å². The Morgan fingerprint density at radius 2 is 1.60 bits per heavy atom. The van der Waals surface area contributed by atoms with E-state index in [-0.39, 0.29) is 50.6 Å². The number of carbonyl (C=O) groups excluding carboxylic acids is 2. The molecule has 4 unspecified atom stereocenters. The maximum atomic E-state index is 14.4. The zero-order valence-electron chi connectivity index (χ0n) is 23.1. The van der Waals surface area contributed by atoms with E-state index in [4.69, 9.17) is 5.73 Å². The third-order valence-electron chi connectivity index (χ3n) is 13.1. The molecule has 0 saturated heterocycles. The van der Waals surface area contributed by atoms with E-state index in [0.29, 0.717) is 30.2 Å². The molecule has 0 radical (unpaired) electrons. The molecule has 5 aliphatic rings. The van der Waals surface area contributed by atoms with Crippen molar-refractivity contribution in [3.05, 3.63) is 11.6 Å². The monoisotopic (exact) mass is 478 g/mol. The first-order valence-corrected chi connectivity index (χ1v) is 14.0. The van der Waals surface area contributed by atoms with E-state index in [1.165, 1.54) is 6.42 Å². The average molecular weight is 479 g/mol. The van der Waals surface area contributed by atoms with Gasteiger partial charge in [0.1, 0.15) is 11.9 Å². The molecule has 35 heavy (non-hydrogen) atoms. The predicted molar refractivity (Wildman–Crippen MR) is 138 cm³/mol. The van der Waals surface area contributed by atoms with Gasteiger partial charge in [-0.1, -0.05) is 54.5 Å². The zero-order valence-corrected chi connectivity index (χ0v) is 23.1. The van der Waals surface area contributed by atoms with E-state index in [1.54, 1.807) is 0 Å². The van der Waals surface area contributed by atoms with Gasteiger partial charge in [-0.15, -0.1) is 0 Å². The number of rotatable bonds is 1. The van der Waals surface area contributed by atoms with Crippen LogP contribution in [0.5, 0.6) is 0 Å². The molecule has 4 heteroatoms. The van der Waals surface area contributed by atoms with Gasteiger partial charge in [0.05, 0.1) is 5.57 Å². The van der Waals surface area contributed by atoms with E-state index in [9.17, 15) is 14.9 Å². The summed E-state index contributed by atoms with van der Waals surface area (Å²) in [6, 6.07) is 2.22. The van der Waals surface area contributed by atoms with Gasteiger partial charge >= 0.3 is 0 Å². The van der Waals surface area contributed by atoms with Gasteiger partial charge in [-0.25, -0.2) is 0 Å². The summed E-state index contributed by atoms with van der Waals surface area (Å²) in [6.07, 6.45) is 10.2. The summed E-state index contributed by atoms with van der Waals surface area (Å²) in [7, 11) is 0. The first kappa shape index (κ1) is 25.2. The van der Waals surface area contributed by atoms with Crippen LogP contribution in [0.1, 0.15) is 99.8 Å². The van der Waals surface area contributed by atoms with Gasteiger partial charge in [0, 0.05) is 17.8 Å². The van der Waals surface area contributed by atoms with Crippen LogP contribution in [-0.2, 0) is 9.59 Å². The Bertz CT molecular complexity index is 1050. The van der Waals surface area contributed by atoms with Crippen molar-refractivity contribution in [2.75, 3.05) is 6.54 Å². The number of hydrogen-bond acceptors (Lipinski definition) is 4. The Kier molecular flexibility index (Phi) is 5.26. The fourth-order valence-corrected chi connectivity index (χ4v) is 10.8. The number of allylic oxidation sites excluding steroid dienone is 2. The lowest BCUT2D eigenvalue weighted by molar-refractivity contribution is -0.221. The van der Waals surface area contributed by atoms with E-state index >= 15 is 0 Å². The number of hydrogen-bond donors (Lipinski definition) is 1. The van der Waals surface area contributed by atoms with Crippen molar-refractivity contribution in [2.45, 2.75) is 99.8 Å². The Balaban J connectivity index is 1.63. The summed E-state index contributed by atoms with van der Waals surface area (Å²) in [4.78, 5) is 27.5. The highest BCUT2D eigenvalue weighted by Gasteiger charge is 2.71. The highest BCUT2D eigenvalue weighted by Crippen LogP contribution is 2.75. The number of nitriles is 1. The molecule has 4 nitrogen and oxygen atoms in total. The molecule has 0 heterocycles. The Hall–Kier alpha value is -1.47. The van der Waals surface area contributed by atoms with Gasteiger partial charge in [-0.05, 0) is 96.3 Å². The van der Waals surface area contributed by atoms with Crippen LogP contribution >= 0.6 is 0 Å². The minimum Gasteiger partial charge on any atom is -0.330 e. The average Bonchev–Trinajstić information content (AvgIpc) is 2.77. The first-order chi connectivity index (χ1) is 16.1. The number of nitrogens with zero attached hydrogens (tertiary/aromatic N) is 1. The molecule has 4 saturated carbocycles. The van der Waals surface area contributed by atoms with Gasteiger partial charge in [0.25, 0.3) is 0 Å². The van der Waals surface area contributed by atoms with Crippen molar-refractivity contribution in [1.29, 1.82) is 5.26 Å². The summed E-state index contributed by atoms with van der Waals surface area (Å²) in [5.41, 5.74) is 6.18. The Morgan fingerprint density at radius 3 is 2.23 bits per heavy atom. The predicted octanol–water partition coefficient (Wildman–Crippen LogP) is 6.24. The number of carbonyl (C=O) groups is 2. The maximum Gasteiger partial charge on any atom is 0.178 e. The molecule has 5 aliphatic carbocycles. The van der Waals surface area contributed by atoms with E-state index in [0.717, 1.165) is 38.5 Å². The van der Waals surface area contributed by atoms with Crippen molar-refractivity contribution < 1.29 is 9.59 Å². The molecule has 0 aliphatic heterocycles. The third kappa shape index (κ3) is 3.00. The van der Waals surface area contributed by atoms with E-state index in [2.05, 4.69) is 40.7 Å². The SMILES string of the molecule is CC1(C)CC[C@]2(CN)CC[C@]3(C)C(C(=O)CC4[C@@]5(C)C=C(C#N)C(=O)C(C)(C)C5CC[C@]43C)C2C1. The Labute approximate surface area is 212 Å². The summed E-state index contributed by atoms with van der Waals surface area (Å²) in [5.74, 6) is 1.15. The van der Waals surface area contributed by atoms with E-state index < -0.39 is 5.41 Å². The normalized spacial score (nSPS) is 50.1. The van der Waals surface area contributed by atoms with Crippen molar-refractivity contribution in [3.63, 3.8) is 0 Å². The smallest absolute Gasteiger partial charge is 0.178 e. The maximum absolute atomic E-state index is 14.4. The van der Waals surface area contributed by atoms with Crippen molar-refractivity contribution in [2.24, 2.45) is 61.9 Å². The van der Waals surface area contributed by atoms with Crippen LogP contribution in [0.2, 0.25) is 0 Å².